The molecule has 0 aliphatic heterocycles. The molecule has 0 radical (unpaired) electrons. The van der Waals surface area contributed by atoms with Crippen molar-refractivity contribution in [1.29, 1.82) is 5.26 Å². The third-order valence-corrected chi connectivity index (χ3v) is 2.46. The molecule has 0 bridgehead atoms. The average Bonchev–Trinajstić information content (AvgIpc) is 2.26. The van der Waals surface area contributed by atoms with Crippen molar-refractivity contribution in [3.05, 3.63) is 33.3 Å². The normalized spacial score (nSPS) is 10.9. The van der Waals surface area contributed by atoms with Crippen molar-refractivity contribution >= 4 is 21.9 Å². The minimum Gasteiger partial charge on any atom is -0.462 e. The number of carbonyl (C=O) groups is 1. The molecule has 1 aromatic rings. The molecular weight excluding hydrogens is 315 g/mol. The molecule has 3 nitrogen and oxygen atoms in total. The van der Waals surface area contributed by atoms with Gasteiger partial charge in [0.05, 0.1) is 29.4 Å². The molecular formula is C11H7BrF3NO2. The van der Waals surface area contributed by atoms with Gasteiger partial charge in [-0.2, -0.15) is 18.4 Å². The Kier molecular flexibility index (Phi) is 4.35. The van der Waals surface area contributed by atoms with Gasteiger partial charge >= 0.3 is 12.1 Å². The van der Waals surface area contributed by atoms with Crippen molar-refractivity contribution < 1.29 is 22.7 Å². The molecule has 0 heterocycles. The van der Waals surface area contributed by atoms with Crippen LogP contribution in [0.1, 0.15) is 28.4 Å². The first-order chi connectivity index (χ1) is 8.31. The van der Waals surface area contributed by atoms with E-state index >= 15 is 0 Å². The summed E-state index contributed by atoms with van der Waals surface area (Å²) in [6, 6.07) is 3.42. The van der Waals surface area contributed by atoms with E-state index < -0.39 is 28.8 Å². The first kappa shape index (κ1) is 14.5. The molecule has 18 heavy (non-hydrogen) atoms. The number of nitriles is 1. The molecule has 0 atom stereocenters. The number of halogens is 4. The Morgan fingerprint density at radius 1 is 1.50 bits per heavy atom. The zero-order chi connectivity index (χ0) is 13.9. The van der Waals surface area contributed by atoms with Crippen LogP contribution in [0.3, 0.4) is 0 Å². The van der Waals surface area contributed by atoms with Gasteiger partial charge < -0.3 is 4.74 Å². The number of esters is 1. The van der Waals surface area contributed by atoms with Crippen molar-refractivity contribution in [2.24, 2.45) is 0 Å². The summed E-state index contributed by atoms with van der Waals surface area (Å²) in [5.74, 6) is -1.11. The van der Waals surface area contributed by atoms with Crippen LogP contribution in [0.15, 0.2) is 16.6 Å². The van der Waals surface area contributed by atoms with Crippen LogP contribution in [-0.2, 0) is 10.9 Å². The van der Waals surface area contributed by atoms with Crippen LogP contribution in [-0.4, -0.2) is 12.6 Å². The monoisotopic (exact) mass is 321 g/mol. The Hall–Kier alpha value is -1.55. The molecule has 0 aromatic heterocycles. The Morgan fingerprint density at radius 3 is 2.56 bits per heavy atom. The van der Waals surface area contributed by atoms with Crippen LogP contribution in [0, 0.1) is 11.3 Å². The molecule has 7 heteroatoms. The van der Waals surface area contributed by atoms with Gasteiger partial charge in [0.25, 0.3) is 0 Å². The fourth-order valence-electron chi connectivity index (χ4n) is 1.37. The highest BCUT2D eigenvalue weighted by Crippen LogP contribution is 2.36. The lowest BCUT2D eigenvalue weighted by Gasteiger charge is -2.14. The van der Waals surface area contributed by atoms with E-state index in [1.165, 1.54) is 13.0 Å². The number of hydrogen-bond donors (Lipinski definition) is 0. The number of alkyl halides is 3. The predicted octanol–water partition coefficient (Wildman–Crippen LogP) is 3.52. The summed E-state index contributed by atoms with van der Waals surface area (Å²) in [4.78, 5) is 11.5. The van der Waals surface area contributed by atoms with Crippen molar-refractivity contribution in [3.63, 3.8) is 0 Å². The smallest absolute Gasteiger partial charge is 0.418 e. The maximum Gasteiger partial charge on any atom is 0.418 e. The van der Waals surface area contributed by atoms with Gasteiger partial charge in [0.1, 0.15) is 0 Å². The van der Waals surface area contributed by atoms with E-state index in [2.05, 4.69) is 20.7 Å². The highest BCUT2D eigenvalue weighted by Gasteiger charge is 2.39. The molecule has 0 aliphatic carbocycles. The van der Waals surface area contributed by atoms with E-state index in [4.69, 9.17) is 5.26 Å². The summed E-state index contributed by atoms with van der Waals surface area (Å²) < 4.78 is 43.3. The van der Waals surface area contributed by atoms with Crippen LogP contribution in [0.25, 0.3) is 0 Å². The zero-order valence-electron chi connectivity index (χ0n) is 9.14. The number of carbonyl (C=O) groups excluding carboxylic acids is 1. The molecule has 0 N–H and O–H groups in total. The fraction of sp³-hybridized carbons (Fsp3) is 0.273. The SMILES string of the molecule is CCOC(=O)c1cc(Br)cc(C#N)c1C(F)(F)F. The number of hydrogen-bond acceptors (Lipinski definition) is 3. The average molecular weight is 322 g/mol. The highest BCUT2D eigenvalue weighted by atomic mass is 79.9. The Labute approximate surface area is 109 Å². The van der Waals surface area contributed by atoms with Gasteiger partial charge in [0.15, 0.2) is 0 Å². The van der Waals surface area contributed by atoms with E-state index in [1.54, 1.807) is 0 Å². The van der Waals surface area contributed by atoms with Gasteiger partial charge in [-0.15, -0.1) is 0 Å². The molecule has 0 fully saturated rings. The fourth-order valence-corrected chi connectivity index (χ4v) is 1.83. The number of ether oxygens (including phenoxy) is 1. The van der Waals surface area contributed by atoms with E-state index in [0.717, 1.165) is 12.1 Å². The molecule has 0 unspecified atom stereocenters. The van der Waals surface area contributed by atoms with Crippen molar-refractivity contribution in [2.45, 2.75) is 13.1 Å². The molecule has 1 rings (SSSR count). The Morgan fingerprint density at radius 2 is 2.11 bits per heavy atom. The molecule has 0 saturated carbocycles. The lowest BCUT2D eigenvalue weighted by Crippen LogP contribution is -2.17. The lowest BCUT2D eigenvalue weighted by atomic mass is 10.0. The molecule has 96 valence electrons. The van der Waals surface area contributed by atoms with Crippen LogP contribution in [0.4, 0.5) is 13.2 Å². The third-order valence-electron chi connectivity index (χ3n) is 2.00. The second kappa shape index (κ2) is 5.40. The Balaban J connectivity index is 3.54. The third kappa shape index (κ3) is 3.01. The van der Waals surface area contributed by atoms with Gasteiger partial charge in [-0.05, 0) is 19.1 Å². The summed E-state index contributed by atoms with van der Waals surface area (Å²) in [6.07, 6.45) is -4.80. The topological polar surface area (TPSA) is 50.1 Å². The van der Waals surface area contributed by atoms with Gasteiger partial charge in [0, 0.05) is 4.47 Å². The predicted molar refractivity (Wildman–Crippen MR) is 59.8 cm³/mol. The summed E-state index contributed by atoms with van der Waals surface area (Å²) >= 11 is 2.95. The molecule has 0 spiro atoms. The van der Waals surface area contributed by atoms with Gasteiger partial charge in [0.2, 0.25) is 0 Å². The number of rotatable bonds is 2. The van der Waals surface area contributed by atoms with Crippen molar-refractivity contribution in [3.8, 4) is 6.07 Å². The highest BCUT2D eigenvalue weighted by molar-refractivity contribution is 9.10. The maximum absolute atomic E-state index is 12.9. The van der Waals surface area contributed by atoms with Crippen LogP contribution >= 0.6 is 15.9 Å². The summed E-state index contributed by atoms with van der Waals surface area (Å²) in [5.41, 5.74) is -2.57. The molecule has 0 amide bonds. The lowest BCUT2D eigenvalue weighted by molar-refractivity contribution is -0.138. The van der Waals surface area contributed by atoms with E-state index in [1.807, 2.05) is 0 Å². The standard InChI is InChI=1S/C11H7BrF3NO2/c1-2-18-10(17)8-4-7(12)3-6(5-16)9(8)11(13,14)15/h3-4H,2H2,1H3. The largest absolute Gasteiger partial charge is 0.462 e. The summed E-state index contributed by atoms with van der Waals surface area (Å²) in [6.45, 7) is 1.43. The van der Waals surface area contributed by atoms with Gasteiger partial charge in [-0.1, -0.05) is 15.9 Å². The van der Waals surface area contributed by atoms with Gasteiger partial charge in [-0.3, -0.25) is 0 Å². The van der Waals surface area contributed by atoms with E-state index in [-0.39, 0.29) is 11.1 Å². The maximum atomic E-state index is 12.9. The minimum atomic E-state index is -4.80. The second-order valence-electron chi connectivity index (χ2n) is 3.21. The van der Waals surface area contributed by atoms with E-state index in [0.29, 0.717) is 0 Å². The van der Waals surface area contributed by atoms with Gasteiger partial charge in [-0.25, -0.2) is 4.79 Å². The quantitative estimate of drug-likeness (QED) is 0.783. The number of benzene rings is 1. The van der Waals surface area contributed by atoms with Crippen LogP contribution in [0.2, 0.25) is 0 Å². The van der Waals surface area contributed by atoms with Crippen LogP contribution < -0.4 is 0 Å². The molecule has 0 aliphatic rings. The molecule has 0 saturated heterocycles. The van der Waals surface area contributed by atoms with Crippen LogP contribution in [0.5, 0.6) is 0 Å². The number of nitrogens with zero attached hydrogens (tertiary/aromatic N) is 1. The summed E-state index contributed by atoms with van der Waals surface area (Å²) in [5, 5.41) is 8.72. The van der Waals surface area contributed by atoms with Crippen molar-refractivity contribution in [2.75, 3.05) is 6.61 Å². The van der Waals surface area contributed by atoms with Crippen molar-refractivity contribution in [1.82, 2.24) is 0 Å². The minimum absolute atomic E-state index is 0.0511. The zero-order valence-corrected chi connectivity index (χ0v) is 10.7. The first-order valence-electron chi connectivity index (χ1n) is 4.79. The van der Waals surface area contributed by atoms with E-state index in [9.17, 15) is 18.0 Å². The molecule has 1 aromatic carbocycles. The second-order valence-corrected chi connectivity index (χ2v) is 4.12. The Bertz CT molecular complexity index is 520. The summed E-state index contributed by atoms with van der Waals surface area (Å²) in [7, 11) is 0. The first-order valence-corrected chi connectivity index (χ1v) is 5.58.